The molecule has 0 spiro atoms. The Morgan fingerprint density at radius 2 is 0.900 bits per heavy atom. The maximum absolute atomic E-state index is 6.12. The standard InChI is InChI=1S/C14H34N6/c15-9-3-1-2-4-13(19)14(20)8-12(18)7-11(17)6-10(16)5-9/h9-14H,1-8,15-20H2. The largest absolute Gasteiger partial charge is 0.328 e. The third-order valence-electron chi connectivity index (χ3n) is 4.30. The molecule has 0 saturated heterocycles. The van der Waals surface area contributed by atoms with E-state index in [2.05, 4.69) is 0 Å². The van der Waals surface area contributed by atoms with Crippen LogP contribution in [-0.2, 0) is 0 Å². The van der Waals surface area contributed by atoms with Gasteiger partial charge in [0.2, 0.25) is 0 Å². The van der Waals surface area contributed by atoms with Gasteiger partial charge in [-0.3, -0.25) is 0 Å². The molecule has 1 aliphatic rings. The van der Waals surface area contributed by atoms with Gasteiger partial charge in [-0.05, 0) is 38.5 Å². The molecular formula is C14H34N6. The first-order chi connectivity index (χ1) is 9.38. The lowest BCUT2D eigenvalue weighted by Crippen LogP contribution is -2.47. The Hall–Kier alpha value is -0.240. The van der Waals surface area contributed by atoms with Crippen LogP contribution >= 0.6 is 0 Å². The van der Waals surface area contributed by atoms with E-state index in [1.165, 1.54) is 0 Å². The van der Waals surface area contributed by atoms with Gasteiger partial charge in [0.05, 0.1) is 0 Å². The second kappa shape index (κ2) is 8.92. The molecule has 1 fully saturated rings. The van der Waals surface area contributed by atoms with Crippen LogP contribution in [0.1, 0.15) is 51.4 Å². The van der Waals surface area contributed by atoms with Crippen molar-refractivity contribution in [1.29, 1.82) is 0 Å². The molecule has 0 heterocycles. The van der Waals surface area contributed by atoms with Gasteiger partial charge in [-0.2, -0.15) is 0 Å². The summed E-state index contributed by atoms with van der Waals surface area (Å²) in [7, 11) is 0. The first-order valence-electron chi connectivity index (χ1n) is 7.92. The van der Waals surface area contributed by atoms with Crippen LogP contribution in [0, 0.1) is 0 Å². The fourth-order valence-corrected chi connectivity index (χ4v) is 3.10. The van der Waals surface area contributed by atoms with Crippen LogP contribution in [-0.4, -0.2) is 36.3 Å². The Kier molecular flexibility index (Phi) is 7.94. The monoisotopic (exact) mass is 286 g/mol. The normalized spacial score (nSPS) is 42.9. The first kappa shape index (κ1) is 17.8. The molecule has 0 aliphatic heterocycles. The van der Waals surface area contributed by atoms with E-state index < -0.39 is 0 Å². The van der Waals surface area contributed by atoms with Crippen molar-refractivity contribution in [2.45, 2.75) is 87.6 Å². The summed E-state index contributed by atoms with van der Waals surface area (Å²) in [4.78, 5) is 0. The van der Waals surface area contributed by atoms with E-state index in [0.717, 1.165) is 51.4 Å². The van der Waals surface area contributed by atoms with Crippen LogP contribution in [0.15, 0.2) is 0 Å². The van der Waals surface area contributed by atoms with Crippen LogP contribution in [0.2, 0.25) is 0 Å². The minimum Gasteiger partial charge on any atom is -0.328 e. The molecule has 0 aromatic rings. The number of nitrogens with two attached hydrogens (primary N) is 6. The molecule has 0 amide bonds. The number of hydrogen-bond acceptors (Lipinski definition) is 6. The Bertz CT molecular complexity index is 262. The van der Waals surface area contributed by atoms with Crippen molar-refractivity contribution in [3.05, 3.63) is 0 Å². The predicted molar refractivity (Wildman–Crippen MR) is 84.8 cm³/mol. The van der Waals surface area contributed by atoms with E-state index in [-0.39, 0.29) is 36.3 Å². The molecule has 1 aliphatic carbocycles. The second-order valence-electron chi connectivity index (χ2n) is 6.60. The Labute approximate surface area is 123 Å². The van der Waals surface area contributed by atoms with Gasteiger partial charge in [0, 0.05) is 36.3 Å². The molecule has 6 unspecified atom stereocenters. The van der Waals surface area contributed by atoms with Crippen molar-refractivity contribution in [2.24, 2.45) is 34.4 Å². The Morgan fingerprint density at radius 3 is 1.50 bits per heavy atom. The molecule has 6 nitrogen and oxygen atoms in total. The fraction of sp³-hybridized carbons (Fsp3) is 1.00. The van der Waals surface area contributed by atoms with Gasteiger partial charge in [0.1, 0.15) is 0 Å². The van der Waals surface area contributed by atoms with Gasteiger partial charge >= 0.3 is 0 Å². The molecule has 120 valence electrons. The average molecular weight is 286 g/mol. The van der Waals surface area contributed by atoms with E-state index in [4.69, 9.17) is 34.4 Å². The molecule has 6 atom stereocenters. The lowest BCUT2D eigenvalue weighted by atomic mass is 9.90. The quantitative estimate of drug-likeness (QED) is 0.338. The predicted octanol–water partition coefficient (Wildman–Crippen LogP) is -0.915. The summed E-state index contributed by atoms with van der Waals surface area (Å²) in [6, 6.07) is 0.180. The van der Waals surface area contributed by atoms with E-state index in [9.17, 15) is 0 Å². The van der Waals surface area contributed by atoms with Gasteiger partial charge in [-0.25, -0.2) is 0 Å². The molecule has 0 aromatic heterocycles. The van der Waals surface area contributed by atoms with E-state index in [0.29, 0.717) is 0 Å². The summed E-state index contributed by atoms with van der Waals surface area (Å²) in [5.74, 6) is 0. The third kappa shape index (κ3) is 6.97. The molecular weight excluding hydrogens is 252 g/mol. The van der Waals surface area contributed by atoms with Gasteiger partial charge in [0.15, 0.2) is 0 Å². The van der Waals surface area contributed by atoms with Crippen LogP contribution in [0.3, 0.4) is 0 Å². The van der Waals surface area contributed by atoms with Crippen molar-refractivity contribution in [3.63, 3.8) is 0 Å². The fourth-order valence-electron chi connectivity index (χ4n) is 3.10. The van der Waals surface area contributed by atoms with Crippen molar-refractivity contribution in [1.82, 2.24) is 0 Å². The lowest BCUT2D eigenvalue weighted by molar-refractivity contribution is 0.361. The minimum absolute atomic E-state index is 0.00476. The van der Waals surface area contributed by atoms with Crippen molar-refractivity contribution in [2.75, 3.05) is 0 Å². The molecule has 0 aromatic carbocycles. The van der Waals surface area contributed by atoms with Crippen molar-refractivity contribution >= 4 is 0 Å². The Morgan fingerprint density at radius 1 is 0.450 bits per heavy atom. The van der Waals surface area contributed by atoms with Gasteiger partial charge in [-0.15, -0.1) is 0 Å². The topological polar surface area (TPSA) is 156 Å². The molecule has 1 rings (SSSR count). The van der Waals surface area contributed by atoms with E-state index >= 15 is 0 Å². The summed E-state index contributed by atoms with van der Waals surface area (Å²) in [5, 5.41) is 0. The highest BCUT2D eigenvalue weighted by Gasteiger charge is 2.21. The van der Waals surface area contributed by atoms with Gasteiger partial charge in [0.25, 0.3) is 0 Å². The first-order valence-corrected chi connectivity index (χ1v) is 7.92. The van der Waals surface area contributed by atoms with Crippen LogP contribution < -0.4 is 34.4 Å². The zero-order valence-corrected chi connectivity index (χ0v) is 12.6. The smallest absolute Gasteiger partial charge is 0.0207 e. The summed E-state index contributed by atoms with van der Waals surface area (Å²) in [5.41, 5.74) is 36.7. The molecule has 20 heavy (non-hydrogen) atoms. The van der Waals surface area contributed by atoms with Gasteiger partial charge < -0.3 is 34.4 Å². The highest BCUT2D eigenvalue weighted by atomic mass is 14.8. The van der Waals surface area contributed by atoms with Crippen molar-refractivity contribution < 1.29 is 0 Å². The zero-order valence-electron chi connectivity index (χ0n) is 12.6. The summed E-state index contributed by atoms with van der Waals surface area (Å²) in [6.45, 7) is 0. The summed E-state index contributed by atoms with van der Waals surface area (Å²) in [6.07, 6.45) is 7.12. The highest BCUT2D eigenvalue weighted by molar-refractivity contribution is 4.84. The summed E-state index contributed by atoms with van der Waals surface area (Å²) < 4.78 is 0. The molecule has 0 bridgehead atoms. The minimum atomic E-state index is -0.0533. The third-order valence-corrected chi connectivity index (χ3v) is 4.30. The average Bonchev–Trinajstić information content (AvgIpc) is 2.32. The molecule has 1 saturated carbocycles. The lowest BCUT2D eigenvalue weighted by Gasteiger charge is -2.27. The highest BCUT2D eigenvalue weighted by Crippen LogP contribution is 2.14. The van der Waals surface area contributed by atoms with E-state index in [1.807, 2.05) is 0 Å². The second-order valence-corrected chi connectivity index (χ2v) is 6.60. The molecule has 0 radical (unpaired) electrons. The van der Waals surface area contributed by atoms with E-state index in [1.54, 1.807) is 0 Å². The molecule has 12 N–H and O–H groups in total. The van der Waals surface area contributed by atoms with Crippen LogP contribution in [0.4, 0.5) is 0 Å². The summed E-state index contributed by atoms with van der Waals surface area (Å²) >= 11 is 0. The van der Waals surface area contributed by atoms with Gasteiger partial charge in [-0.1, -0.05) is 12.8 Å². The maximum Gasteiger partial charge on any atom is 0.0207 e. The van der Waals surface area contributed by atoms with Crippen molar-refractivity contribution in [3.8, 4) is 0 Å². The molecule has 6 heteroatoms. The van der Waals surface area contributed by atoms with Crippen LogP contribution in [0.25, 0.3) is 0 Å². The number of rotatable bonds is 0. The van der Waals surface area contributed by atoms with Crippen LogP contribution in [0.5, 0.6) is 0 Å². The Balaban J connectivity index is 2.57. The maximum atomic E-state index is 6.12. The zero-order chi connectivity index (χ0) is 15.1. The SMILES string of the molecule is NC1CCCCC(N)C(N)CC(N)CC(N)CC(N)C1. The number of hydrogen-bond donors (Lipinski definition) is 6.